The highest BCUT2D eigenvalue weighted by atomic mass is 16.7. The van der Waals surface area contributed by atoms with Crippen molar-refractivity contribution >= 4 is 0 Å². The van der Waals surface area contributed by atoms with Crippen LogP contribution in [0.5, 0.6) is 0 Å². The SMILES string of the molecule is OC[C@H](O)[C@H](O)[C@H](O)[C@H](O)CO[C@@H]1O[C@H](CO)[C@@H](O)[C@H](O)[C@H]1O. The molecule has 1 aliphatic rings. The lowest BCUT2D eigenvalue weighted by atomic mass is 9.99. The van der Waals surface area contributed by atoms with Crippen molar-refractivity contribution in [3.63, 3.8) is 0 Å². The molecule has 11 heteroatoms. The van der Waals surface area contributed by atoms with Crippen molar-refractivity contribution in [2.75, 3.05) is 19.8 Å². The van der Waals surface area contributed by atoms with Crippen LogP contribution in [-0.4, -0.2) is 121 Å². The topological polar surface area (TPSA) is 201 Å². The Bertz CT molecular complexity index is 341. The van der Waals surface area contributed by atoms with Gasteiger partial charge in [-0.25, -0.2) is 0 Å². The van der Waals surface area contributed by atoms with Gasteiger partial charge in [-0.2, -0.15) is 0 Å². The summed E-state index contributed by atoms with van der Waals surface area (Å²) in [6.45, 7) is -2.16. The van der Waals surface area contributed by atoms with Gasteiger partial charge in [-0.1, -0.05) is 0 Å². The molecule has 23 heavy (non-hydrogen) atoms. The van der Waals surface area contributed by atoms with Crippen LogP contribution < -0.4 is 0 Å². The van der Waals surface area contributed by atoms with Gasteiger partial charge in [0.15, 0.2) is 6.29 Å². The summed E-state index contributed by atoms with van der Waals surface area (Å²) in [6.07, 6.45) is -14.7. The van der Waals surface area contributed by atoms with E-state index in [1.165, 1.54) is 0 Å². The first-order chi connectivity index (χ1) is 10.7. The van der Waals surface area contributed by atoms with E-state index in [1.807, 2.05) is 0 Å². The van der Waals surface area contributed by atoms with Gasteiger partial charge < -0.3 is 55.4 Å². The molecule has 138 valence electrons. The van der Waals surface area contributed by atoms with E-state index in [1.54, 1.807) is 0 Å². The fourth-order valence-electron chi connectivity index (χ4n) is 2.06. The maximum atomic E-state index is 9.70. The van der Waals surface area contributed by atoms with E-state index in [-0.39, 0.29) is 0 Å². The number of hydrogen-bond acceptors (Lipinski definition) is 11. The van der Waals surface area contributed by atoms with Crippen molar-refractivity contribution in [1.82, 2.24) is 0 Å². The molecule has 0 aromatic heterocycles. The normalized spacial score (nSPS) is 37.2. The molecule has 1 rings (SSSR count). The predicted molar refractivity (Wildman–Crippen MR) is 70.8 cm³/mol. The van der Waals surface area contributed by atoms with Crippen LogP contribution in [-0.2, 0) is 9.47 Å². The van der Waals surface area contributed by atoms with Gasteiger partial charge in [0, 0.05) is 0 Å². The highest BCUT2D eigenvalue weighted by Gasteiger charge is 2.44. The molecule has 0 aliphatic carbocycles. The van der Waals surface area contributed by atoms with Crippen LogP contribution in [0.3, 0.4) is 0 Å². The number of aliphatic hydroxyl groups is 9. The fourth-order valence-corrected chi connectivity index (χ4v) is 2.06. The highest BCUT2D eigenvalue weighted by Crippen LogP contribution is 2.22. The Labute approximate surface area is 131 Å². The van der Waals surface area contributed by atoms with Crippen molar-refractivity contribution in [1.29, 1.82) is 0 Å². The van der Waals surface area contributed by atoms with Gasteiger partial charge in [0.05, 0.1) is 19.8 Å². The lowest BCUT2D eigenvalue weighted by molar-refractivity contribution is -0.306. The molecule has 0 bridgehead atoms. The van der Waals surface area contributed by atoms with E-state index in [4.69, 9.17) is 19.7 Å². The standard InChI is InChI=1S/C12H24O11/c13-1-4(15)7(17)8(18)5(16)3-22-12-11(21)10(20)9(19)6(2-14)23-12/h4-21H,1-3H2/t4-,5+,6+,7-,8+,9+,10-,11+,12+/m0/s1. The zero-order valence-corrected chi connectivity index (χ0v) is 12.2. The Morgan fingerprint density at radius 2 is 1.39 bits per heavy atom. The minimum Gasteiger partial charge on any atom is -0.394 e. The third kappa shape index (κ3) is 5.01. The molecule has 11 nitrogen and oxygen atoms in total. The smallest absolute Gasteiger partial charge is 0.186 e. The molecular weight excluding hydrogens is 320 g/mol. The van der Waals surface area contributed by atoms with Crippen molar-refractivity contribution in [3.05, 3.63) is 0 Å². The van der Waals surface area contributed by atoms with E-state index in [2.05, 4.69) is 0 Å². The highest BCUT2D eigenvalue weighted by molar-refractivity contribution is 4.89. The number of rotatable bonds is 8. The summed E-state index contributed by atoms with van der Waals surface area (Å²) in [5.74, 6) is 0. The molecule has 0 saturated carbocycles. The second kappa shape index (κ2) is 9.15. The summed E-state index contributed by atoms with van der Waals surface area (Å²) in [7, 11) is 0. The van der Waals surface area contributed by atoms with Crippen LogP contribution >= 0.6 is 0 Å². The van der Waals surface area contributed by atoms with Crippen LogP contribution in [0.4, 0.5) is 0 Å². The summed E-state index contributed by atoms with van der Waals surface area (Å²) >= 11 is 0. The molecule has 9 N–H and O–H groups in total. The third-order valence-electron chi connectivity index (χ3n) is 3.61. The number of hydrogen-bond donors (Lipinski definition) is 9. The van der Waals surface area contributed by atoms with Gasteiger partial charge in [0.1, 0.15) is 48.8 Å². The Morgan fingerprint density at radius 3 is 1.91 bits per heavy atom. The van der Waals surface area contributed by atoms with Crippen LogP contribution in [0.15, 0.2) is 0 Å². The van der Waals surface area contributed by atoms with Crippen LogP contribution in [0.2, 0.25) is 0 Å². The fraction of sp³-hybridized carbons (Fsp3) is 1.00. The van der Waals surface area contributed by atoms with Gasteiger partial charge in [-0.15, -0.1) is 0 Å². The first-order valence-corrected chi connectivity index (χ1v) is 6.99. The zero-order chi connectivity index (χ0) is 17.7. The average molecular weight is 344 g/mol. The Kier molecular flexibility index (Phi) is 8.20. The summed E-state index contributed by atoms with van der Waals surface area (Å²) in [5, 5.41) is 84.4. The molecule has 0 radical (unpaired) electrons. The summed E-state index contributed by atoms with van der Waals surface area (Å²) < 4.78 is 9.99. The van der Waals surface area contributed by atoms with Crippen LogP contribution in [0.25, 0.3) is 0 Å². The van der Waals surface area contributed by atoms with Crippen molar-refractivity contribution in [2.45, 2.75) is 55.1 Å². The minimum atomic E-state index is -1.86. The second-order valence-electron chi connectivity index (χ2n) is 5.33. The number of aliphatic hydroxyl groups excluding tert-OH is 9. The monoisotopic (exact) mass is 344 g/mol. The summed E-state index contributed by atoms with van der Waals surface area (Å²) in [4.78, 5) is 0. The zero-order valence-electron chi connectivity index (χ0n) is 12.2. The maximum Gasteiger partial charge on any atom is 0.186 e. The van der Waals surface area contributed by atoms with Gasteiger partial charge in [0.2, 0.25) is 0 Å². The van der Waals surface area contributed by atoms with E-state index >= 15 is 0 Å². The van der Waals surface area contributed by atoms with E-state index in [9.17, 15) is 35.7 Å². The molecular formula is C12H24O11. The van der Waals surface area contributed by atoms with Crippen molar-refractivity contribution in [2.24, 2.45) is 0 Å². The summed E-state index contributed by atoms with van der Waals surface area (Å²) in [5.41, 5.74) is 0. The third-order valence-corrected chi connectivity index (χ3v) is 3.61. The largest absolute Gasteiger partial charge is 0.394 e. The molecule has 9 atom stereocenters. The molecule has 0 aromatic rings. The lowest BCUT2D eigenvalue weighted by Crippen LogP contribution is -2.59. The van der Waals surface area contributed by atoms with E-state index in [0.29, 0.717) is 0 Å². The Hall–Kier alpha value is -0.440. The van der Waals surface area contributed by atoms with Crippen LogP contribution in [0, 0.1) is 0 Å². The molecule has 0 amide bonds. The number of ether oxygens (including phenoxy) is 2. The molecule has 1 saturated heterocycles. The Morgan fingerprint density at radius 1 is 0.826 bits per heavy atom. The molecule has 0 aromatic carbocycles. The van der Waals surface area contributed by atoms with E-state index in [0.717, 1.165) is 0 Å². The van der Waals surface area contributed by atoms with Gasteiger partial charge in [-0.3, -0.25) is 0 Å². The summed E-state index contributed by atoms with van der Waals surface area (Å²) in [6, 6.07) is 0. The average Bonchev–Trinajstić information content (AvgIpc) is 2.56. The minimum absolute atomic E-state index is 0.655. The van der Waals surface area contributed by atoms with Gasteiger partial charge >= 0.3 is 0 Å². The molecule has 0 unspecified atom stereocenters. The first-order valence-electron chi connectivity index (χ1n) is 6.99. The van der Waals surface area contributed by atoms with Gasteiger partial charge in [0.25, 0.3) is 0 Å². The quantitative estimate of drug-likeness (QED) is 0.203. The molecule has 1 heterocycles. The van der Waals surface area contributed by atoms with Crippen LogP contribution in [0.1, 0.15) is 0 Å². The molecule has 1 fully saturated rings. The second-order valence-corrected chi connectivity index (χ2v) is 5.33. The molecule has 1 aliphatic heterocycles. The first kappa shape index (κ1) is 20.6. The van der Waals surface area contributed by atoms with Crippen molar-refractivity contribution in [3.8, 4) is 0 Å². The van der Waals surface area contributed by atoms with E-state index < -0.39 is 74.9 Å². The predicted octanol–water partition coefficient (Wildman–Crippen LogP) is -5.76. The lowest BCUT2D eigenvalue weighted by Gasteiger charge is -2.40. The Balaban J connectivity index is 2.55. The van der Waals surface area contributed by atoms with Crippen molar-refractivity contribution < 1.29 is 55.4 Å². The van der Waals surface area contributed by atoms with Gasteiger partial charge in [-0.05, 0) is 0 Å². The molecule has 0 spiro atoms. The maximum absolute atomic E-state index is 9.70.